The van der Waals surface area contributed by atoms with Gasteiger partial charge in [-0.2, -0.15) is 0 Å². The number of fused-ring (bicyclic) bond motifs is 1. The Morgan fingerprint density at radius 3 is 2.67 bits per heavy atom. The number of pyridine rings is 1. The molecule has 5 nitrogen and oxygen atoms in total. The molecule has 0 aliphatic carbocycles. The molecule has 4 aromatic rings. The lowest BCUT2D eigenvalue weighted by molar-refractivity contribution is 0.102. The van der Waals surface area contributed by atoms with Crippen molar-refractivity contribution in [1.29, 1.82) is 0 Å². The van der Waals surface area contributed by atoms with Gasteiger partial charge >= 0.3 is 0 Å². The molecule has 1 amide bonds. The summed E-state index contributed by atoms with van der Waals surface area (Å²) in [4.78, 5) is 22.1. The quantitative estimate of drug-likeness (QED) is 0.451. The summed E-state index contributed by atoms with van der Waals surface area (Å²) in [6.45, 7) is 5.83. The second-order valence-corrected chi connectivity index (χ2v) is 7.60. The largest absolute Gasteiger partial charge is 0.438 e. The number of amides is 1. The number of benzene rings is 2. The van der Waals surface area contributed by atoms with E-state index in [4.69, 9.17) is 16.0 Å². The molecular weight excluding hydrogens is 398 g/mol. The van der Waals surface area contributed by atoms with Crippen molar-refractivity contribution < 1.29 is 9.21 Å². The molecule has 0 radical (unpaired) electrons. The van der Waals surface area contributed by atoms with Crippen LogP contribution in [0.1, 0.15) is 27.2 Å². The standard InChI is InChI=1S/C24H20ClN3O2/c1-14-7-8-15(2)20(11-14)27-24-19(13-17-12-18(25)9-10-21(17)30-24)23(29)28-22-6-4-5-16(3)26-22/h4-13H,1-3H3,(H,26,28,29). The van der Waals surface area contributed by atoms with Gasteiger partial charge in [-0.05, 0) is 74.4 Å². The summed E-state index contributed by atoms with van der Waals surface area (Å²) in [5.41, 5.74) is 4.73. The fraction of sp³-hybridized carbons (Fsp3) is 0.125. The summed E-state index contributed by atoms with van der Waals surface area (Å²) in [7, 11) is 0. The zero-order chi connectivity index (χ0) is 21.3. The van der Waals surface area contributed by atoms with Crippen LogP contribution in [0.4, 0.5) is 11.5 Å². The Kier molecular flexibility index (Phi) is 5.38. The fourth-order valence-corrected chi connectivity index (χ4v) is 3.27. The second-order valence-electron chi connectivity index (χ2n) is 7.17. The zero-order valence-electron chi connectivity index (χ0n) is 16.9. The van der Waals surface area contributed by atoms with E-state index >= 15 is 0 Å². The third-order valence-corrected chi connectivity index (χ3v) is 4.90. The van der Waals surface area contributed by atoms with Gasteiger partial charge in [-0.3, -0.25) is 4.79 Å². The van der Waals surface area contributed by atoms with E-state index in [9.17, 15) is 4.79 Å². The summed E-state index contributed by atoms with van der Waals surface area (Å²) in [5, 5.41) is 4.10. The molecule has 0 fully saturated rings. The van der Waals surface area contributed by atoms with Crippen LogP contribution < -0.4 is 10.9 Å². The van der Waals surface area contributed by atoms with Crippen LogP contribution in [0.2, 0.25) is 5.02 Å². The van der Waals surface area contributed by atoms with Gasteiger partial charge in [0.15, 0.2) is 0 Å². The summed E-state index contributed by atoms with van der Waals surface area (Å²) in [6, 6.07) is 18.4. The van der Waals surface area contributed by atoms with E-state index in [0.717, 1.165) is 22.5 Å². The number of anilines is 1. The number of hydrogen-bond donors (Lipinski definition) is 1. The van der Waals surface area contributed by atoms with Crippen LogP contribution in [0, 0.1) is 20.8 Å². The van der Waals surface area contributed by atoms with E-state index in [0.29, 0.717) is 27.4 Å². The third kappa shape index (κ3) is 4.26. The van der Waals surface area contributed by atoms with Crippen LogP contribution >= 0.6 is 11.6 Å². The van der Waals surface area contributed by atoms with E-state index in [-0.39, 0.29) is 11.5 Å². The lowest BCUT2D eigenvalue weighted by Gasteiger charge is -2.08. The van der Waals surface area contributed by atoms with E-state index in [2.05, 4.69) is 15.3 Å². The number of hydrogen-bond acceptors (Lipinski definition) is 4. The van der Waals surface area contributed by atoms with Crippen molar-refractivity contribution >= 4 is 40.0 Å². The number of aryl methyl sites for hydroxylation is 3. The smallest absolute Gasteiger partial charge is 0.262 e. The molecule has 0 spiro atoms. The topological polar surface area (TPSA) is 67.5 Å². The van der Waals surface area contributed by atoms with Crippen molar-refractivity contribution in [3.8, 4) is 0 Å². The highest BCUT2D eigenvalue weighted by molar-refractivity contribution is 6.31. The molecule has 0 bridgehead atoms. The van der Waals surface area contributed by atoms with Crippen LogP contribution in [0.5, 0.6) is 0 Å². The first kappa shape index (κ1) is 19.9. The average molecular weight is 418 g/mol. The molecule has 0 atom stereocenters. The molecule has 1 N–H and O–H groups in total. The van der Waals surface area contributed by atoms with E-state index in [1.54, 1.807) is 30.3 Å². The Bertz CT molecular complexity index is 1340. The lowest BCUT2D eigenvalue weighted by Crippen LogP contribution is -2.22. The van der Waals surface area contributed by atoms with Crippen molar-refractivity contribution in [2.24, 2.45) is 4.99 Å². The van der Waals surface area contributed by atoms with Crippen LogP contribution in [-0.2, 0) is 0 Å². The molecule has 6 heteroatoms. The number of nitrogens with one attached hydrogen (secondary N) is 1. The molecule has 0 aliphatic rings. The first-order valence-electron chi connectivity index (χ1n) is 9.49. The lowest BCUT2D eigenvalue weighted by atomic mass is 10.1. The molecule has 2 aromatic carbocycles. The molecule has 0 aliphatic heterocycles. The fourth-order valence-electron chi connectivity index (χ4n) is 3.09. The highest BCUT2D eigenvalue weighted by atomic mass is 35.5. The van der Waals surface area contributed by atoms with Gasteiger partial charge in [0.05, 0.1) is 5.69 Å². The number of nitrogens with zero attached hydrogens (tertiary/aromatic N) is 2. The van der Waals surface area contributed by atoms with Gasteiger partial charge in [0, 0.05) is 16.1 Å². The minimum Gasteiger partial charge on any atom is -0.438 e. The van der Waals surface area contributed by atoms with Crippen molar-refractivity contribution in [2.75, 3.05) is 5.32 Å². The number of aromatic nitrogens is 1. The van der Waals surface area contributed by atoms with Crippen molar-refractivity contribution in [3.05, 3.63) is 93.6 Å². The van der Waals surface area contributed by atoms with E-state index in [1.807, 2.05) is 51.1 Å². The maximum atomic E-state index is 13.1. The Labute approximate surface area is 179 Å². The number of halogens is 1. The molecular formula is C24H20ClN3O2. The maximum absolute atomic E-state index is 13.1. The van der Waals surface area contributed by atoms with Crippen LogP contribution in [0.15, 0.2) is 70.1 Å². The maximum Gasteiger partial charge on any atom is 0.262 e. The normalized spacial score (nSPS) is 11.7. The Balaban J connectivity index is 1.89. The van der Waals surface area contributed by atoms with Gasteiger partial charge in [0.25, 0.3) is 5.91 Å². The Morgan fingerprint density at radius 1 is 1.03 bits per heavy atom. The molecule has 0 unspecified atom stereocenters. The molecule has 0 saturated heterocycles. The highest BCUT2D eigenvalue weighted by Gasteiger charge is 2.14. The average Bonchev–Trinajstić information content (AvgIpc) is 2.70. The Hall–Kier alpha value is -3.44. The minimum atomic E-state index is -0.359. The van der Waals surface area contributed by atoms with Gasteiger partial charge in [0.1, 0.15) is 17.0 Å². The van der Waals surface area contributed by atoms with Crippen molar-refractivity contribution in [1.82, 2.24) is 4.98 Å². The summed E-state index contributed by atoms with van der Waals surface area (Å²) in [6.07, 6.45) is 0. The van der Waals surface area contributed by atoms with Gasteiger partial charge in [0.2, 0.25) is 5.55 Å². The molecule has 2 aromatic heterocycles. The monoisotopic (exact) mass is 417 g/mol. The molecule has 0 saturated carbocycles. The number of carbonyl (C=O) groups is 1. The highest BCUT2D eigenvalue weighted by Crippen LogP contribution is 2.22. The summed E-state index contributed by atoms with van der Waals surface area (Å²) < 4.78 is 6.02. The van der Waals surface area contributed by atoms with Crippen LogP contribution in [0.3, 0.4) is 0 Å². The van der Waals surface area contributed by atoms with E-state index < -0.39 is 0 Å². The molecule has 4 rings (SSSR count). The third-order valence-electron chi connectivity index (χ3n) is 4.67. The van der Waals surface area contributed by atoms with Crippen LogP contribution in [-0.4, -0.2) is 10.9 Å². The van der Waals surface area contributed by atoms with Crippen LogP contribution in [0.25, 0.3) is 11.0 Å². The second kappa shape index (κ2) is 8.13. The zero-order valence-corrected chi connectivity index (χ0v) is 17.6. The summed E-state index contributed by atoms with van der Waals surface area (Å²) in [5.74, 6) is 0.103. The summed E-state index contributed by atoms with van der Waals surface area (Å²) >= 11 is 6.13. The molecule has 30 heavy (non-hydrogen) atoms. The predicted octanol–water partition coefficient (Wildman–Crippen LogP) is 5.89. The first-order chi connectivity index (χ1) is 14.4. The molecule has 150 valence electrons. The van der Waals surface area contributed by atoms with Gasteiger partial charge in [-0.15, -0.1) is 0 Å². The van der Waals surface area contributed by atoms with Gasteiger partial charge in [-0.1, -0.05) is 29.8 Å². The SMILES string of the molecule is Cc1ccc(C)c(N=c2oc3ccc(Cl)cc3cc2C(=O)Nc2cccc(C)n2)c1. The number of carbonyl (C=O) groups excluding carboxylic acids is 1. The van der Waals surface area contributed by atoms with Crippen molar-refractivity contribution in [2.45, 2.75) is 20.8 Å². The first-order valence-corrected chi connectivity index (χ1v) is 9.87. The minimum absolute atomic E-state index is 0.226. The van der Waals surface area contributed by atoms with Gasteiger partial charge < -0.3 is 9.73 Å². The predicted molar refractivity (Wildman–Crippen MR) is 119 cm³/mol. The molecule has 2 heterocycles. The Morgan fingerprint density at radius 2 is 1.87 bits per heavy atom. The van der Waals surface area contributed by atoms with E-state index in [1.165, 1.54) is 0 Å². The van der Waals surface area contributed by atoms with Crippen molar-refractivity contribution in [3.63, 3.8) is 0 Å². The number of rotatable bonds is 3. The van der Waals surface area contributed by atoms with Gasteiger partial charge in [-0.25, -0.2) is 9.98 Å².